The van der Waals surface area contributed by atoms with Crippen molar-refractivity contribution in [2.45, 2.75) is 39.3 Å². The van der Waals surface area contributed by atoms with Crippen LogP contribution in [0.15, 0.2) is 24.4 Å². The molecule has 0 atom stereocenters. The minimum atomic E-state index is 0.593. The minimum absolute atomic E-state index is 0.593. The molecule has 3 heterocycles. The summed E-state index contributed by atoms with van der Waals surface area (Å²) >= 11 is 1.84. The second kappa shape index (κ2) is 6.75. The molecule has 3 rings (SSSR count). The average Bonchev–Trinajstić information content (AvgIpc) is 2.86. The van der Waals surface area contributed by atoms with Gasteiger partial charge in [0.05, 0.1) is 10.7 Å². The first-order chi connectivity index (χ1) is 10.6. The fraction of sp³-hybridized carbons (Fsp3) is 0.529. The summed E-state index contributed by atoms with van der Waals surface area (Å²) in [5.74, 6) is 1.08. The molecular weight excluding hydrogens is 292 g/mol. The number of likely N-dealkylation sites (tertiary alicyclic amines) is 1. The molecule has 1 fully saturated rings. The number of rotatable bonds is 4. The van der Waals surface area contributed by atoms with Crippen LogP contribution in [-0.2, 0) is 6.54 Å². The number of pyridine rings is 1. The summed E-state index contributed by atoms with van der Waals surface area (Å²) in [6.45, 7) is 7.57. The Morgan fingerprint density at radius 2 is 2.05 bits per heavy atom. The Labute approximate surface area is 136 Å². The van der Waals surface area contributed by atoms with E-state index in [-0.39, 0.29) is 0 Å². The first-order valence-electron chi connectivity index (χ1n) is 7.92. The van der Waals surface area contributed by atoms with Crippen LogP contribution in [0.3, 0.4) is 0 Å². The largest absolute Gasteiger partial charge is 0.357 e. The van der Waals surface area contributed by atoms with E-state index in [0.717, 1.165) is 25.5 Å². The number of thiazole rings is 1. The summed E-state index contributed by atoms with van der Waals surface area (Å²) in [6.07, 6.45) is 4.27. The van der Waals surface area contributed by atoms with E-state index in [1.165, 1.54) is 28.4 Å². The third kappa shape index (κ3) is 3.47. The lowest BCUT2D eigenvalue weighted by molar-refractivity contribution is 0.204. The van der Waals surface area contributed by atoms with Crippen LogP contribution in [0.4, 0.5) is 5.82 Å². The van der Waals surface area contributed by atoms with Crippen LogP contribution in [0.25, 0.3) is 0 Å². The van der Waals surface area contributed by atoms with Gasteiger partial charge in [0.25, 0.3) is 0 Å². The molecule has 0 unspecified atom stereocenters. The molecule has 0 aromatic carbocycles. The summed E-state index contributed by atoms with van der Waals surface area (Å²) in [7, 11) is 2.17. The van der Waals surface area contributed by atoms with Crippen LogP contribution in [-0.4, -0.2) is 41.0 Å². The Hall–Kier alpha value is -1.46. The highest BCUT2D eigenvalue weighted by atomic mass is 32.1. The van der Waals surface area contributed by atoms with Crippen LogP contribution < -0.4 is 4.90 Å². The molecule has 118 valence electrons. The number of anilines is 1. The van der Waals surface area contributed by atoms with Crippen molar-refractivity contribution in [3.63, 3.8) is 0 Å². The van der Waals surface area contributed by atoms with Gasteiger partial charge in [0.2, 0.25) is 0 Å². The molecule has 1 aliphatic rings. The molecule has 1 saturated heterocycles. The number of aromatic nitrogens is 2. The van der Waals surface area contributed by atoms with Gasteiger partial charge >= 0.3 is 0 Å². The zero-order valence-corrected chi connectivity index (χ0v) is 14.4. The zero-order valence-electron chi connectivity index (χ0n) is 13.6. The third-order valence-corrected chi connectivity index (χ3v) is 5.54. The summed E-state index contributed by atoms with van der Waals surface area (Å²) in [6, 6.07) is 6.72. The summed E-state index contributed by atoms with van der Waals surface area (Å²) in [4.78, 5) is 15.3. The minimum Gasteiger partial charge on any atom is -0.357 e. The maximum atomic E-state index is 4.53. The Morgan fingerprint density at radius 1 is 1.27 bits per heavy atom. The Morgan fingerprint density at radius 3 is 2.64 bits per heavy atom. The SMILES string of the molecule is Cc1nc(C)c(CN2CCC(N(C)c3ccccn3)CC2)s1. The number of aryl methyl sites for hydroxylation is 2. The van der Waals surface area contributed by atoms with Crippen molar-refractivity contribution < 1.29 is 0 Å². The van der Waals surface area contributed by atoms with Gasteiger partial charge in [0.15, 0.2) is 0 Å². The molecule has 5 heteroatoms. The van der Waals surface area contributed by atoms with Crippen molar-refractivity contribution in [3.8, 4) is 0 Å². The Balaban J connectivity index is 1.55. The first kappa shape index (κ1) is 15.4. The summed E-state index contributed by atoms with van der Waals surface area (Å²) in [5, 5.41) is 1.18. The molecule has 1 aliphatic heterocycles. The van der Waals surface area contributed by atoms with Gasteiger partial charge in [-0.2, -0.15) is 0 Å². The van der Waals surface area contributed by atoms with Crippen molar-refractivity contribution in [1.82, 2.24) is 14.9 Å². The van der Waals surface area contributed by atoms with Gasteiger partial charge in [-0.25, -0.2) is 9.97 Å². The van der Waals surface area contributed by atoms with Gasteiger partial charge in [-0.3, -0.25) is 4.90 Å². The van der Waals surface area contributed by atoms with Gasteiger partial charge in [0, 0.05) is 43.8 Å². The second-order valence-electron chi connectivity index (χ2n) is 6.05. The van der Waals surface area contributed by atoms with E-state index in [0.29, 0.717) is 6.04 Å². The van der Waals surface area contributed by atoms with E-state index in [1.54, 1.807) is 0 Å². The van der Waals surface area contributed by atoms with Crippen LogP contribution in [0.5, 0.6) is 0 Å². The average molecular weight is 316 g/mol. The molecular formula is C17H24N4S. The fourth-order valence-electron chi connectivity index (χ4n) is 3.14. The lowest BCUT2D eigenvalue weighted by Gasteiger charge is -2.37. The monoisotopic (exact) mass is 316 g/mol. The van der Waals surface area contributed by atoms with Crippen molar-refractivity contribution >= 4 is 17.2 Å². The van der Waals surface area contributed by atoms with E-state index in [2.05, 4.69) is 52.8 Å². The predicted octanol–water partition coefficient (Wildman–Crippen LogP) is 3.26. The van der Waals surface area contributed by atoms with Crippen LogP contribution >= 0.6 is 11.3 Å². The van der Waals surface area contributed by atoms with Gasteiger partial charge in [-0.15, -0.1) is 11.3 Å². The zero-order chi connectivity index (χ0) is 15.5. The van der Waals surface area contributed by atoms with Crippen LogP contribution in [0, 0.1) is 13.8 Å². The molecule has 2 aromatic rings. The molecule has 0 bridgehead atoms. The van der Waals surface area contributed by atoms with Gasteiger partial charge in [-0.1, -0.05) is 6.07 Å². The van der Waals surface area contributed by atoms with E-state index >= 15 is 0 Å². The van der Waals surface area contributed by atoms with E-state index < -0.39 is 0 Å². The first-order valence-corrected chi connectivity index (χ1v) is 8.74. The van der Waals surface area contributed by atoms with E-state index in [9.17, 15) is 0 Å². The van der Waals surface area contributed by atoms with Crippen molar-refractivity contribution in [1.29, 1.82) is 0 Å². The fourth-order valence-corrected chi connectivity index (χ4v) is 4.12. The normalized spacial score (nSPS) is 16.9. The highest BCUT2D eigenvalue weighted by molar-refractivity contribution is 7.11. The second-order valence-corrected chi connectivity index (χ2v) is 7.34. The van der Waals surface area contributed by atoms with E-state index in [4.69, 9.17) is 0 Å². The maximum Gasteiger partial charge on any atom is 0.128 e. The number of hydrogen-bond acceptors (Lipinski definition) is 5. The quantitative estimate of drug-likeness (QED) is 0.867. The van der Waals surface area contributed by atoms with Crippen LogP contribution in [0.2, 0.25) is 0 Å². The molecule has 0 radical (unpaired) electrons. The Bertz CT molecular complexity index is 602. The molecule has 0 spiro atoms. The van der Waals surface area contributed by atoms with Gasteiger partial charge in [-0.05, 0) is 38.8 Å². The number of piperidine rings is 1. The molecule has 22 heavy (non-hydrogen) atoms. The van der Waals surface area contributed by atoms with Gasteiger partial charge < -0.3 is 4.90 Å². The van der Waals surface area contributed by atoms with Crippen LogP contribution in [0.1, 0.15) is 28.4 Å². The van der Waals surface area contributed by atoms with E-state index in [1.807, 2.05) is 23.6 Å². The number of hydrogen-bond donors (Lipinski definition) is 0. The van der Waals surface area contributed by atoms with Gasteiger partial charge in [0.1, 0.15) is 5.82 Å². The molecule has 0 saturated carbocycles. The molecule has 0 amide bonds. The standard InChI is InChI=1S/C17H24N4S/c1-13-16(22-14(2)19-13)12-21-10-7-15(8-11-21)20(3)17-6-4-5-9-18-17/h4-6,9,15H,7-8,10-12H2,1-3H3. The summed E-state index contributed by atoms with van der Waals surface area (Å²) < 4.78 is 0. The lowest BCUT2D eigenvalue weighted by atomic mass is 10.0. The maximum absolute atomic E-state index is 4.53. The van der Waals surface area contributed by atoms with Crippen molar-refractivity contribution in [3.05, 3.63) is 40.0 Å². The summed E-state index contributed by atoms with van der Waals surface area (Å²) in [5.41, 5.74) is 1.20. The third-order valence-electron chi connectivity index (χ3n) is 4.48. The van der Waals surface area contributed by atoms with Crippen molar-refractivity contribution in [2.24, 2.45) is 0 Å². The number of nitrogens with zero attached hydrogens (tertiary/aromatic N) is 4. The topological polar surface area (TPSA) is 32.3 Å². The smallest absolute Gasteiger partial charge is 0.128 e. The highest BCUT2D eigenvalue weighted by Crippen LogP contribution is 2.24. The molecule has 0 N–H and O–H groups in total. The Kier molecular flexibility index (Phi) is 4.74. The molecule has 0 aliphatic carbocycles. The van der Waals surface area contributed by atoms with Crippen molar-refractivity contribution in [2.75, 3.05) is 25.0 Å². The molecule has 4 nitrogen and oxygen atoms in total. The predicted molar refractivity (Wildman–Crippen MR) is 92.5 cm³/mol. The molecule has 2 aromatic heterocycles. The lowest BCUT2D eigenvalue weighted by Crippen LogP contribution is -2.43. The highest BCUT2D eigenvalue weighted by Gasteiger charge is 2.23.